The van der Waals surface area contributed by atoms with Crippen LogP contribution in [0.3, 0.4) is 0 Å². The Bertz CT molecular complexity index is 694. The van der Waals surface area contributed by atoms with Crippen LogP contribution < -0.4 is 9.47 Å². The van der Waals surface area contributed by atoms with E-state index in [-0.39, 0.29) is 12.7 Å². The van der Waals surface area contributed by atoms with Crippen LogP contribution in [-0.4, -0.2) is 24.1 Å². The second-order valence-electron chi connectivity index (χ2n) is 5.56. The summed E-state index contributed by atoms with van der Waals surface area (Å²) in [6.07, 6.45) is 0.975. The molecule has 2 aromatic rings. The van der Waals surface area contributed by atoms with E-state index in [2.05, 4.69) is 6.92 Å². The minimum Gasteiger partial charge on any atom is -0.454 e. The predicted octanol–water partition coefficient (Wildman–Crippen LogP) is 3.64. The van der Waals surface area contributed by atoms with Gasteiger partial charge >= 0.3 is 0 Å². The fraction of sp³-hybridized carbons (Fsp3) is 0.316. The summed E-state index contributed by atoms with van der Waals surface area (Å²) < 4.78 is 10.7. The molecule has 1 heterocycles. The van der Waals surface area contributed by atoms with E-state index in [4.69, 9.17) is 9.47 Å². The van der Waals surface area contributed by atoms with Gasteiger partial charge in [0.2, 0.25) is 6.79 Å². The van der Waals surface area contributed by atoms with E-state index in [0.717, 1.165) is 29.0 Å². The van der Waals surface area contributed by atoms with E-state index in [1.54, 1.807) is 0 Å². The number of ether oxygens (including phenoxy) is 2. The van der Waals surface area contributed by atoms with Crippen molar-refractivity contribution in [3.05, 3.63) is 59.2 Å². The third kappa shape index (κ3) is 3.31. The van der Waals surface area contributed by atoms with Gasteiger partial charge in [0.1, 0.15) is 0 Å². The van der Waals surface area contributed by atoms with Crippen LogP contribution in [0.25, 0.3) is 0 Å². The lowest BCUT2D eigenvalue weighted by atomic mass is 10.1. The number of benzene rings is 2. The first-order valence-corrected chi connectivity index (χ1v) is 7.98. The van der Waals surface area contributed by atoms with Gasteiger partial charge in [0, 0.05) is 18.7 Å². The zero-order chi connectivity index (χ0) is 16.2. The summed E-state index contributed by atoms with van der Waals surface area (Å²) in [5.41, 5.74) is 3.00. The normalized spacial score (nSPS) is 12.3. The first kappa shape index (κ1) is 15.4. The van der Waals surface area contributed by atoms with Crippen molar-refractivity contribution in [3.8, 4) is 11.5 Å². The second kappa shape index (κ2) is 6.73. The summed E-state index contributed by atoms with van der Waals surface area (Å²) in [4.78, 5) is 14.5. The molecule has 0 atom stereocenters. The van der Waals surface area contributed by atoms with E-state index in [1.165, 1.54) is 5.56 Å². The summed E-state index contributed by atoms with van der Waals surface area (Å²) in [7, 11) is 0. The zero-order valence-corrected chi connectivity index (χ0v) is 13.5. The number of rotatable bonds is 5. The fourth-order valence-electron chi connectivity index (χ4n) is 2.65. The van der Waals surface area contributed by atoms with Crippen LogP contribution in [0, 0.1) is 0 Å². The largest absolute Gasteiger partial charge is 0.454 e. The van der Waals surface area contributed by atoms with Gasteiger partial charge in [-0.25, -0.2) is 0 Å². The maximum atomic E-state index is 12.7. The summed E-state index contributed by atoms with van der Waals surface area (Å²) in [6.45, 7) is 5.57. The van der Waals surface area contributed by atoms with Gasteiger partial charge in [-0.1, -0.05) is 25.1 Å². The molecule has 120 valence electrons. The van der Waals surface area contributed by atoms with E-state index in [0.29, 0.717) is 13.1 Å². The molecule has 0 fully saturated rings. The van der Waals surface area contributed by atoms with Gasteiger partial charge in [0.25, 0.3) is 5.91 Å². The number of carbonyl (C=O) groups excluding carboxylic acids is 1. The lowest BCUT2D eigenvalue weighted by molar-refractivity contribution is 0.0752. The molecule has 0 saturated carbocycles. The number of amides is 1. The molecular formula is C19H21NO3. The highest BCUT2D eigenvalue weighted by Gasteiger charge is 2.17. The Morgan fingerprint density at radius 3 is 2.39 bits per heavy atom. The molecule has 1 amide bonds. The van der Waals surface area contributed by atoms with Crippen molar-refractivity contribution in [2.75, 3.05) is 13.3 Å². The summed E-state index contributed by atoms with van der Waals surface area (Å²) in [5.74, 6) is 1.56. The Morgan fingerprint density at radius 1 is 1.00 bits per heavy atom. The molecule has 23 heavy (non-hydrogen) atoms. The molecule has 0 N–H and O–H groups in total. The van der Waals surface area contributed by atoms with Crippen LogP contribution in [0.15, 0.2) is 42.5 Å². The van der Waals surface area contributed by atoms with E-state index in [9.17, 15) is 4.79 Å². The topological polar surface area (TPSA) is 38.8 Å². The van der Waals surface area contributed by atoms with E-state index >= 15 is 0 Å². The molecule has 0 saturated heterocycles. The molecule has 0 radical (unpaired) electrons. The molecule has 1 aliphatic rings. The molecule has 0 bridgehead atoms. The van der Waals surface area contributed by atoms with Gasteiger partial charge in [-0.15, -0.1) is 0 Å². The number of fused-ring (bicyclic) bond motifs is 1. The van der Waals surface area contributed by atoms with E-state index in [1.807, 2.05) is 54.3 Å². The monoisotopic (exact) mass is 311 g/mol. The van der Waals surface area contributed by atoms with Gasteiger partial charge in [0.15, 0.2) is 11.5 Å². The van der Waals surface area contributed by atoms with Crippen molar-refractivity contribution in [1.29, 1.82) is 0 Å². The summed E-state index contributed by atoms with van der Waals surface area (Å²) in [5, 5.41) is 0. The van der Waals surface area contributed by atoms with Crippen molar-refractivity contribution in [1.82, 2.24) is 4.90 Å². The third-order valence-electron chi connectivity index (χ3n) is 4.09. The number of carbonyl (C=O) groups is 1. The Morgan fingerprint density at radius 2 is 1.70 bits per heavy atom. The standard InChI is InChI=1S/C19H21NO3/c1-3-14-5-8-16(9-6-14)19(21)20(4-2)12-15-7-10-17-18(11-15)23-13-22-17/h5-11H,3-4,12-13H2,1-2H3. The van der Waals surface area contributed by atoms with Crippen LogP contribution >= 0.6 is 0 Å². The third-order valence-corrected chi connectivity index (χ3v) is 4.09. The highest BCUT2D eigenvalue weighted by atomic mass is 16.7. The molecule has 0 unspecified atom stereocenters. The lowest BCUT2D eigenvalue weighted by Crippen LogP contribution is -2.30. The second-order valence-corrected chi connectivity index (χ2v) is 5.56. The molecule has 3 rings (SSSR count). The predicted molar refractivity (Wildman–Crippen MR) is 88.8 cm³/mol. The number of aryl methyl sites for hydroxylation is 1. The van der Waals surface area contributed by atoms with Crippen LogP contribution in [0.2, 0.25) is 0 Å². The Hall–Kier alpha value is -2.49. The Kier molecular flexibility index (Phi) is 4.51. The zero-order valence-electron chi connectivity index (χ0n) is 13.5. The van der Waals surface area contributed by atoms with Crippen molar-refractivity contribution < 1.29 is 14.3 Å². The lowest BCUT2D eigenvalue weighted by Gasteiger charge is -2.21. The summed E-state index contributed by atoms with van der Waals surface area (Å²) in [6, 6.07) is 13.7. The van der Waals surface area contributed by atoms with Gasteiger partial charge < -0.3 is 14.4 Å². The smallest absolute Gasteiger partial charge is 0.254 e. The Balaban J connectivity index is 1.74. The minimum absolute atomic E-state index is 0.0489. The van der Waals surface area contributed by atoms with Crippen molar-refractivity contribution in [2.45, 2.75) is 26.8 Å². The average Bonchev–Trinajstić information content (AvgIpc) is 3.07. The van der Waals surface area contributed by atoms with Gasteiger partial charge in [0.05, 0.1) is 0 Å². The SMILES string of the molecule is CCc1ccc(C(=O)N(CC)Cc2ccc3c(c2)OCO3)cc1. The van der Waals surface area contributed by atoms with Crippen molar-refractivity contribution >= 4 is 5.91 Å². The average molecular weight is 311 g/mol. The Labute approximate surface area is 136 Å². The molecule has 2 aromatic carbocycles. The van der Waals surface area contributed by atoms with E-state index < -0.39 is 0 Å². The van der Waals surface area contributed by atoms with Gasteiger partial charge in [-0.2, -0.15) is 0 Å². The van der Waals surface area contributed by atoms with Crippen LogP contribution in [0.4, 0.5) is 0 Å². The van der Waals surface area contributed by atoms with Gasteiger partial charge in [-0.05, 0) is 48.7 Å². The van der Waals surface area contributed by atoms with Gasteiger partial charge in [-0.3, -0.25) is 4.79 Å². The number of hydrogen-bond donors (Lipinski definition) is 0. The van der Waals surface area contributed by atoms with Crippen LogP contribution in [0.5, 0.6) is 11.5 Å². The van der Waals surface area contributed by atoms with Crippen LogP contribution in [0.1, 0.15) is 35.3 Å². The fourth-order valence-corrected chi connectivity index (χ4v) is 2.65. The maximum absolute atomic E-state index is 12.7. The molecule has 1 aliphatic heterocycles. The highest BCUT2D eigenvalue weighted by Crippen LogP contribution is 2.32. The molecule has 0 aliphatic carbocycles. The molecule has 4 nitrogen and oxygen atoms in total. The van der Waals surface area contributed by atoms with Crippen molar-refractivity contribution in [3.63, 3.8) is 0 Å². The molecular weight excluding hydrogens is 290 g/mol. The van der Waals surface area contributed by atoms with Crippen molar-refractivity contribution in [2.24, 2.45) is 0 Å². The quantitative estimate of drug-likeness (QED) is 0.846. The minimum atomic E-state index is 0.0489. The first-order valence-electron chi connectivity index (χ1n) is 7.98. The number of nitrogens with zero attached hydrogens (tertiary/aromatic N) is 1. The molecule has 0 spiro atoms. The molecule has 4 heteroatoms. The molecule has 0 aromatic heterocycles. The first-order chi connectivity index (χ1) is 11.2. The maximum Gasteiger partial charge on any atom is 0.254 e. The summed E-state index contributed by atoms with van der Waals surface area (Å²) >= 11 is 0. The highest BCUT2D eigenvalue weighted by molar-refractivity contribution is 5.94. The van der Waals surface area contributed by atoms with Crippen LogP contribution in [-0.2, 0) is 13.0 Å². The number of hydrogen-bond acceptors (Lipinski definition) is 3.